The van der Waals surface area contributed by atoms with Crippen molar-refractivity contribution in [1.82, 2.24) is 9.97 Å². The number of carbonyl (C=O) groups is 1. The first-order valence-corrected chi connectivity index (χ1v) is 7.29. The summed E-state index contributed by atoms with van der Waals surface area (Å²) in [5, 5.41) is 3.17. The molecule has 2 aromatic heterocycles. The third-order valence-corrected chi connectivity index (χ3v) is 3.09. The zero-order valence-electron chi connectivity index (χ0n) is 13.8. The molecular weight excluding hydrogens is 296 g/mol. The first-order valence-electron chi connectivity index (χ1n) is 7.29. The first kappa shape index (κ1) is 17.0. The van der Waals surface area contributed by atoms with E-state index in [0.29, 0.717) is 24.7 Å². The number of nitrogens with zero attached hydrogens (tertiary/aromatic N) is 2. The Kier molecular flexibility index (Phi) is 5.00. The molecule has 0 aliphatic heterocycles. The lowest BCUT2D eigenvalue weighted by Crippen LogP contribution is -2.18. The fourth-order valence-electron chi connectivity index (χ4n) is 1.93. The van der Waals surface area contributed by atoms with Crippen molar-refractivity contribution in [2.24, 2.45) is 5.73 Å². The summed E-state index contributed by atoms with van der Waals surface area (Å²) >= 11 is 0. The van der Waals surface area contributed by atoms with E-state index >= 15 is 0 Å². The number of hydrogen-bond donors (Lipinski definition) is 2. The Hall–Kier alpha value is -2.41. The van der Waals surface area contributed by atoms with Crippen molar-refractivity contribution in [3.05, 3.63) is 41.2 Å². The van der Waals surface area contributed by atoms with E-state index in [1.807, 2.05) is 26.8 Å². The maximum absolute atomic E-state index is 11.0. The second-order valence-corrected chi connectivity index (χ2v) is 6.23. The van der Waals surface area contributed by atoms with Crippen LogP contribution in [0.3, 0.4) is 0 Å². The van der Waals surface area contributed by atoms with Crippen LogP contribution in [0, 0.1) is 0 Å². The molecule has 0 bridgehead atoms. The summed E-state index contributed by atoms with van der Waals surface area (Å²) in [6, 6.07) is 5.09. The molecule has 0 aliphatic carbocycles. The summed E-state index contributed by atoms with van der Waals surface area (Å²) in [6.07, 6.45) is 0. The lowest BCUT2D eigenvalue weighted by atomic mass is 9.95. The maximum Gasteiger partial charge on any atom is 0.284 e. The van der Waals surface area contributed by atoms with Crippen LogP contribution < -0.4 is 11.1 Å². The summed E-state index contributed by atoms with van der Waals surface area (Å²) in [5.74, 6) is 1.56. The molecule has 0 radical (unpaired) electrons. The monoisotopic (exact) mass is 318 g/mol. The maximum atomic E-state index is 11.0. The van der Waals surface area contributed by atoms with Crippen molar-refractivity contribution in [1.29, 1.82) is 0 Å². The number of ether oxygens (including phenoxy) is 1. The minimum atomic E-state index is -0.587. The van der Waals surface area contributed by atoms with E-state index in [1.54, 1.807) is 19.2 Å². The van der Waals surface area contributed by atoms with E-state index in [9.17, 15) is 4.79 Å². The van der Waals surface area contributed by atoms with Gasteiger partial charge in [0.25, 0.3) is 5.91 Å². The standard InChI is InChI=1S/C16H22N4O3/c1-16(2,3)15-19-10(9-22-4)7-13(20-15)18-8-11-5-6-12(23-11)14(17)21/h5-7H,8-9H2,1-4H3,(H2,17,21)(H,18,19,20). The molecule has 3 N–H and O–H groups in total. The number of amides is 1. The van der Waals surface area contributed by atoms with Crippen LogP contribution in [0.25, 0.3) is 0 Å². The van der Waals surface area contributed by atoms with Gasteiger partial charge in [0.05, 0.1) is 18.8 Å². The van der Waals surface area contributed by atoms with Crippen molar-refractivity contribution in [2.45, 2.75) is 39.3 Å². The Bertz CT molecular complexity index is 689. The van der Waals surface area contributed by atoms with Crippen LogP contribution in [0.5, 0.6) is 0 Å². The molecule has 0 unspecified atom stereocenters. The number of rotatable bonds is 6. The second-order valence-electron chi connectivity index (χ2n) is 6.23. The molecule has 23 heavy (non-hydrogen) atoms. The molecule has 0 fully saturated rings. The largest absolute Gasteiger partial charge is 0.454 e. The summed E-state index contributed by atoms with van der Waals surface area (Å²) in [4.78, 5) is 20.1. The van der Waals surface area contributed by atoms with Gasteiger partial charge in [0.1, 0.15) is 17.4 Å². The smallest absolute Gasteiger partial charge is 0.284 e. The van der Waals surface area contributed by atoms with Gasteiger partial charge in [0.15, 0.2) is 5.76 Å². The lowest BCUT2D eigenvalue weighted by Gasteiger charge is -2.18. The van der Waals surface area contributed by atoms with Crippen LogP contribution in [0.2, 0.25) is 0 Å². The molecule has 7 heteroatoms. The minimum absolute atomic E-state index is 0.139. The van der Waals surface area contributed by atoms with E-state index in [2.05, 4.69) is 15.3 Å². The molecule has 2 heterocycles. The molecule has 7 nitrogen and oxygen atoms in total. The topological polar surface area (TPSA) is 103 Å². The average Bonchev–Trinajstić information content (AvgIpc) is 2.93. The van der Waals surface area contributed by atoms with Crippen LogP contribution in [0.4, 0.5) is 5.82 Å². The number of anilines is 1. The van der Waals surface area contributed by atoms with E-state index in [1.165, 1.54) is 0 Å². The van der Waals surface area contributed by atoms with E-state index in [-0.39, 0.29) is 11.2 Å². The van der Waals surface area contributed by atoms with Crippen molar-refractivity contribution < 1.29 is 13.9 Å². The first-order chi connectivity index (χ1) is 10.8. The fraction of sp³-hybridized carbons (Fsp3) is 0.438. The Balaban J connectivity index is 2.17. The molecule has 0 saturated carbocycles. The Labute approximate surface area is 135 Å². The normalized spacial score (nSPS) is 11.5. The predicted octanol–water partition coefficient (Wildman–Crippen LogP) is 2.22. The van der Waals surface area contributed by atoms with Crippen LogP contribution >= 0.6 is 0 Å². The molecule has 2 aromatic rings. The highest BCUT2D eigenvalue weighted by Gasteiger charge is 2.19. The number of nitrogens with two attached hydrogens (primary N) is 1. The Morgan fingerprint density at radius 3 is 2.65 bits per heavy atom. The molecule has 124 valence electrons. The molecule has 0 atom stereocenters. The van der Waals surface area contributed by atoms with Gasteiger partial charge in [-0.25, -0.2) is 9.97 Å². The van der Waals surface area contributed by atoms with Gasteiger partial charge in [-0.3, -0.25) is 4.79 Å². The van der Waals surface area contributed by atoms with Gasteiger partial charge in [-0.15, -0.1) is 0 Å². The predicted molar refractivity (Wildman–Crippen MR) is 86.0 cm³/mol. The average molecular weight is 318 g/mol. The van der Waals surface area contributed by atoms with E-state index in [0.717, 1.165) is 11.5 Å². The number of nitrogens with one attached hydrogen (secondary N) is 1. The van der Waals surface area contributed by atoms with Crippen molar-refractivity contribution in [3.8, 4) is 0 Å². The third-order valence-electron chi connectivity index (χ3n) is 3.09. The van der Waals surface area contributed by atoms with Crippen LogP contribution in [0.15, 0.2) is 22.6 Å². The summed E-state index contributed by atoms with van der Waals surface area (Å²) in [7, 11) is 1.63. The van der Waals surface area contributed by atoms with Crippen LogP contribution in [-0.4, -0.2) is 23.0 Å². The van der Waals surface area contributed by atoms with Gasteiger partial charge >= 0.3 is 0 Å². The van der Waals surface area contributed by atoms with Crippen molar-refractivity contribution in [2.75, 3.05) is 12.4 Å². The molecular formula is C16H22N4O3. The minimum Gasteiger partial charge on any atom is -0.454 e. The third kappa shape index (κ3) is 4.53. The van der Waals surface area contributed by atoms with Crippen LogP contribution in [-0.2, 0) is 23.3 Å². The number of primary amides is 1. The molecule has 1 amide bonds. The van der Waals surface area contributed by atoms with E-state index in [4.69, 9.17) is 14.9 Å². The van der Waals surface area contributed by atoms with Gasteiger partial charge in [0, 0.05) is 18.6 Å². The van der Waals surface area contributed by atoms with Gasteiger partial charge < -0.3 is 20.2 Å². The molecule has 0 saturated heterocycles. The quantitative estimate of drug-likeness (QED) is 0.846. The zero-order valence-corrected chi connectivity index (χ0v) is 13.8. The highest BCUT2D eigenvalue weighted by molar-refractivity contribution is 5.89. The van der Waals surface area contributed by atoms with Gasteiger partial charge in [-0.2, -0.15) is 0 Å². The number of hydrogen-bond acceptors (Lipinski definition) is 6. The second kappa shape index (κ2) is 6.78. The highest BCUT2D eigenvalue weighted by atomic mass is 16.5. The van der Waals surface area contributed by atoms with E-state index < -0.39 is 5.91 Å². The number of aromatic nitrogens is 2. The number of methoxy groups -OCH3 is 1. The zero-order chi connectivity index (χ0) is 17.0. The Morgan fingerprint density at radius 1 is 1.35 bits per heavy atom. The summed E-state index contributed by atoms with van der Waals surface area (Å²) in [5.41, 5.74) is 5.79. The van der Waals surface area contributed by atoms with Gasteiger partial charge in [-0.1, -0.05) is 20.8 Å². The van der Waals surface area contributed by atoms with Gasteiger partial charge in [-0.05, 0) is 12.1 Å². The molecule has 2 rings (SSSR count). The molecule has 0 spiro atoms. The van der Waals surface area contributed by atoms with Gasteiger partial charge in [0.2, 0.25) is 0 Å². The number of carbonyl (C=O) groups excluding carboxylic acids is 1. The fourth-order valence-corrected chi connectivity index (χ4v) is 1.93. The van der Waals surface area contributed by atoms with Crippen molar-refractivity contribution >= 4 is 11.7 Å². The number of furan rings is 1. The van der Waals surface area contributed by atoms with Crippen LogP contribution in [0.1, 0.15) is 48.6 Å². The summed E-state index contributed by atoms with van der Waals surface area (Å²) in [6.45, 7) is 6.95. The summed E-state index contributed by atoms with van der Waals surface area (Å²) < 4.78 is 10.5. The highest BCUT2D eigenvalue weighted by Crippen LogP contribution is 2.21. The Morgan fingerprint density at radius 2 is 2.09 bits per heavy atom. The molecule has 0 aliphatic rings. The molecule has 0 aromatic carbocycles. The SMILES string of the molecule is COCc1cc(NCc2ccc(C(N)=O)o2)nc(C(C)(C)C)n1. The lowest BCUT2D eigenvalue weighted by molar-refractivity contribution is 0.0972. The van der Waals surface area contributed by atoms with Crippen molar-refractivity contribution in [3.63, 3.8) is 0 Å².